The summed E-state index contributed by atoms with van der Waals surface area (Å²) in [5.74, 6) is 0. The highest BCUT2D eigenvalue weighted by molar-refractivity contribution is 4.97. The summed E-state index contributed by atoms with van der Waals surface area (Å²) in [5, 5.41) is 16.8. The van der Waals surface area contributed by atoms with Crippen molar-refractivity contribution < 1.29 is 5.11 Å². The summed E-state index contributed by atoms with van der Waals surface area (Å²) < 4.78 is 1.79. The Morgan fingerprint density at radius 3 is 3.00 bits per heavy atom. The SMILES string of the molecule is CCC(O)CCNCc1ccn(C)n1. The zero-order valence-corrected chi connectivity index (χ0v) is 8.90. The number of aliphatic hydroxyl groups is 1. The third kappa shape index (κ3) is 3.89. The summed E-state index contributed by atoms with van der Waals surface area (Å²) in [6.45, 7) is 3.60. The quantitative estimate of drug-likeness (QED) is 0.659. The average Bonchev–Trinajstić information content (AvgIpc) is 2.58. The van der Waals surface area contributed by atoms with Gasteiger partial charge in [0, 0.05) is 19.8 Å². The molecule has 0 saturated heterocycles. The summed E-state index contributed by atoms with van der Waals surface area (Å²) in [6, 6.07) is 1.99. The van der Waals surface area contributed by atoms with Crippen LogP contribution >= 0.6 is 0 Å². The van der Waals surface area contributed by atoms with Crippen molar-refractivity contribution in [1.82, 2.24) is 15.1 Å². The molecule has 2 N–H and O–H groups in total. The van der Waals surface area contributed by atoms with Gasteiger partial charge < -0.3 is 10.4 Å². The van der Waals surface area contributed by atoms with Crippen molar-refractivity contribution >= 4 is 0 Å². The number of hydrogen-bond acceptors (Lipinski definition) is 3. The maximum Gasteiger partial charge on any atom is 0.0762 e. The summed E-state index contributed by atoms with van der Waals surface area (Å²) >= 11 is 0. The molecule has 0 spiro atoms. The van der Waals surface area contributed by atoms with Crippen LogP contribution in [0, 0.1) is 0 Å². The molecular weight excluding hydrogens is 178 g/mol. The van der Waals surface area contributed by atoms with Gasteiger partial charge in [-0.05, 0) is 25.5 Å². The number of aromatic nitrogens is 2. The van der Waals surface area contributed by atoms with Crippen LogP contribution < -0.4 is 5.32 Å². The highest BCUT2D eigenvalue weighted by Crippen LogP contribution is 1.96. The average molecular weight is 197 g/mol. The maximum absolute atomic E-state index is 9.30. The molecule has 1 rings (SSSR count). The van der Waals surface area contributed by atoms with Crippen molar-refractivity contribution in [2.24, 2.45) is 7.05 Å². The van der Waals surface area contributed by atoms with Crippen molar-refractivity contribution in [2.75, 3.05) is 6.54 Å². The van der Waals surface area contributed by atoms with Gasteiger partial charge in [0.15, 0.2) is 0 Å². The second-order valence-corrected chi connectivity index (χ2v) is 3.51. The Hall–Kier alpha value is -0.870. The summed E-state index contributed by atoms with van der Waals surface area (Å²) in [4.78, 5) is 0. The highest BCUT2D eigenvalue weighted by atomic mass is 16.3. The smallest absolute Gasteiger partial charge is 0.0762 e. The Balaban J connectivity index is 2.10. The topological polar surface area (TPSA) is 50.1 Å². The molecule has 1 heterocycles. The van der Waals surface area contributed by atoms with Crippen LogP contribution in [0.25, 0.3) is 0 Å². The van der Waals surface area contributed by atoms with E-state index in [1.54, 1.807) is 4.68 Å². The number of nitrogens with one attached hydrogen (secondary N) is 1. The van der Waals surface area contributed by atoms with Gasteiger partial charge in [-0.2, -0.15) is 5.10 Å². The van der Waals surface area contributed by atoms with E-state index in [2.05, 4.69) is 10.4 Å². The van der Waals surface area contributed by atoms with E-state index in [1.807, 2.05) is 26.2 Å². The molecule has 0 bridgehead atoms. The molecule has 0 aliphatic rings. The van der Waals surface area contributed by atoms with Gasteiger partial charge in [-0.3, -0.25) is 4.68 Å². The Labute approximate surface area is 84.9 Å². The van der Waals surface area contributed by atoms with Crippen molar-refractivity contribution in [3.8, 4) is 0 Å². The minimum Gasteiger partial charge on any atom is -0.393 e. The Morgan fingerprint density at radius 2 is 2.43 bits per heavy atom. The first kappa shape index (κ1) is 11.2. The second-order valence-electron chi connectivity index (χ2n) is 3.51. The van der Waals surface area contributed by atoms with Gasteiger partial charge in [0.05, 0.1) is 11.8 Å². The van der Waals surface area contributed by atoms with Gasteiger partial charge in [0.25, 0.3) is 0 Å². The van der Waals surface area contributed by atoms with Crippen molar-refractivity contribution in [3.63, 3.8) is 0 Å². The third-order valence-electron chi connectivity index (χ3n) is 2.20. The summed E-state index contributed by atoms with van der Waals surface area (Å²) in [6.07, 6.45) is 3.39. The Morgan fingerprint density at radius 1 is 1.64 bits per heavy atom. The molecule has 0 amide bonds. The van der Waals surface area contributed by atoms with Gasteiger partial charge in [0.1, 0.15) is 0 Å². The van der Waals surface area contributed by atoms with Crippen LogP contribution in [-0.2, 0) is 13.6 Å². The fourth-order valence-electron chi connectivity index (χ4n) is 1.25. The van der Waals surface area contributed by atoms with Crippen molar-refractivity contribution in [2.45, 2.75) is 32.4 Å². The number of hydrogen-bond donors (Lipinski definition) is 2. The molecule has 4 heteroatoms. The van der Waals surface area contributed by atoms with E-state index in [4.69, 9.17) is 0 Å². The molecule has 14 heavy (non-hydrogen) atoms. The lowest BCUT2D eigenvalue weighted by atomic mass is 10.2. The van der Waals surface area contributed by atoms with Crippen LogP contribution in [0.5, 0.6) is 0 Å². The molecule has 1 aromatic rings. The standard InChI is InChI=1S/C10H19N3O/c1-3-10(14)4-6-11-8-9-5-7-13(2)12-9/h5,7,10-11,14H,3-4,6,8H2,1-2H3. The van der Waals surface area contributed by atoms with Crippen LogP contribution in [0.2, 0.25) is 0 Å². The van der Waals surface area contributed by atoms with Crippen LogP contribution in [0.1, 0.15) is 25.5 Å². The van der Waals surface area contributed by atoms with Gasteiger partial charge in [-0.25, -0.2) is 0 Å². The Kier molecular flexibility index (Phi) is 4.62. The fourth-order valence-corrected chi connectivity index (χ4v) is 1.25. The van der Waals surface area contributed by atoms with Crippen LogP contribution in [0.3, 0.4) is 0 Å². The van der Waals surface area contributed by atoms with E-state index in [1.165, 1.54) is 0 Å². The normalized spacial score (nSPS) is 13.1. The minimum absolute atomic E-state index is 0.175. The lowest BCUT2D eigenvalue weighted by Gasteiger charge is -2.07. The zero-order chi connectivity index (χ0) is 10.4. The van der Waals surface area contributed by atoms with Crippen LogP contribution in [0.15, 0.2) is 12.3 Å². The van der Waals surface area contributed by atoms with Crippen LogP contribution in [0.4, 0.5) is 0 Å². The van der Waals surface area contributed by atoms with Gasteiger partial charge >= 0.3 is 0 Å². The largest absolute Gasteiger partial charge is 0.393 e. The molecular formula is C10H19N3O. The van der Waals surface area contributed by atoms with Crippen LogP contribution in [-0.4, -0.2) is 27.5 Å². The van der Waals surface area contributed by atoms with Gasteiger partial charge in [0.2, 0.25) is 0 Å². The second kappa shape index (κ2) is 5.78. The summed E-state index contributed by atoms with van der Waals surface area (Å²) in [7, 11) is 1.91. The number of aliphatic hydroxyl groups excluding tert-OH is 1. The molecule has 0 fully saturated rings. The predicted molar refractivity (Wildman–Crippen MR) is 55.8 cm³/mol. The van der Waals surface area contributed by atoms with E-state index in [9.17, 15) is 5.11 Å². The highest BCUT2D eigenvalue weighted by Gasteiger charge is 2.00. The third-order valence-corrected chi connectivity index (χ3v) is 2.20. The van der Waals surface area contributed by atoms with E-state index in [0.717, 1.165) is 31.6 Å². The number of nitrogens with zero attached hydrogens (tertiary/aromatic N) is 2. The maximum atomic E-state index is 9.30. The Bertz CT molecular complexity index is 260. The predicted octanol–water partition coefficient (Wildman–Crippen LogP) is 0.671. The minimum atomic E-state index is -0.175. The first-order valence-corrected chi connectivity index (χ1v) is 5.09. The molecule has 1 unspecified atom stereocenters. The number of aryl methyl sites for hydroxylation is 1. The monoisotopic (exact) mass is 197 g/mol. The molecule has 0 radical (unpaired) electrons. The molecule has 0 aliphatic carbocycles. The first-order valence-electron chi connectivity index (χ1n) is 5.09. The molecule has 80 valence electrons. The summed E-state index contributed by atoms with van der Waals surface area (Å²) in [5.41, 5.74) is 1.04. The van der Waals surface area contributed by atoms with Crippen molar-refractivity contribution in [1.29, 1.82) is 0 Å². The van der Waals surface area contributed by atoms with E-state index in [-0.39, 0.29) is 6.10 Å². The molecule has 4 nitrogen and oxygen atoms in total. The fraction of sp³-hybridized carbons (Fsp3) is 0.700. The van der Waals surface area contributed by atoms with Gasteiger partial charge in [-0.15, -0.1) is 0 Å². The van der Waals surface area contributed by atoms with E-state index >= 15 is 0 Å². The lowest BCUT2D eigenvalue weighted by Crippen LogP contribution is -2.20. The van der Waals surface area contributed by atoms with Crippen molar-refractivity contribution in [3.05, 3.63) is 18.0 Å². The van der Waals surface area contributed by atoms with E-state index in [0.29, 0.717) is 0 Å². The molecule has 0 saturated carbocycles. The first-order chi connectivity index (χ1) is 6.72. The number of rotatable bonds is 6. The molecule has 1 atom stereocenters. The molecule has 1 aromatic heterocycles. The lowest BCUT2D eigenvalue weighted by molar-refractivity contribution is 0.159. The molecule has 0 aliphatic heterocycles. The molecule has 0 aromatic carbocycles. The van der Waals surface area contributed by atoms with Gasteiger partial charge in [-0.1, -0.05) is 6.92 Å². The zero-order valence-electron chi connectivity index (χ0n) is 8.90. The van der Waals surface area contributed by atoms with E-state index < -0.39 is 0 Å².